The van der Waals surface area contributed by atoms with Crippen LogP contribution in [0.2, 0.25) is 0 Å². The van der Waals surface area contributed by atoms with Crippen LogP contribution in [0.1, 0.15) is 61.3 Å². The Balaban J connectivity index is 0.836. The van der Waals surface area contributed by atoms with E-state index in [4.69, 9.17) is 57.9 Å². The lowest BCUT2D eigenvalue weighted by atomic mass is 10.1. The number of rotatable bonds is 42. The average molecular weight is 1090 g/mol. The van der Waals surface area contributed by atoms with E-state index in [1.165, 1.54) is 5.06 Å². The first-order chi connectivity index (χ1) is 36.4. The molecule has 3 heterocycles. The summed E-state index contributed by atoms with van der Waals surface area (Å²) in [6, 6.07) is 2.09. The van der Waals surface area contributed by atoms with Gasteiger partial charge in [-0.2, -0.15) is 8.78 Å². The van der Waals surface area contributed by atoms with Crippen molar-refractivity contribution < 1.29 is 88.9 Å². The molecule has 2 amide bonds. The SMILES string of the molecule is CCCN(OCC)C(=O)C1=Cc2sc(CN3CCC(NC(=O)CCOCCOCCOCCOCCOCCOCCOCCOCCOCCOCCC(=O)Oc4c(F)c(F)c(C)c(F)c4F)C3)cc2N=C(N)C1. The number of nitrogens with zero attached hydrogens (tertiary/aromatic N) is 3. The predicted octanol–water partition coefficient (Wildman–Crippen LogP) is 4.82. The third kappa shape index (κ3) is 24.8. The average Bonchev–Trinajstić information content (AvgIpc) is 3.96. The number of benzene rings is 1. The van der Waals surface area contributed by atoms with Gasteiger partial charge in [0.25, 0.3) is 5.91 Å². The molecule has 424 valence electrons. The number of hydroxylamine groups is 2. The Hall–Kier alpha value is -4.22. The second-order valence-electron chi connectivity index (χ2n) is 16.8. The van der Waals surface area contributed by atoms with Gasteiger partial charge in [0.05, 0.1) is 156 Å². The third-order valence-electron chi connectivity index (χ3n) is 10.9. The van der Waals surface area contributed by atoms with E-state index in [0.717, 1.165) is 48.3 Å². The molecule has 2 aliphatic heterocycles. The number of amidine groups is 1. The molecule has 0 aliphatic carbocycles. The van der Waals surface area contributed by atoms with Gasteiger partial charge in [-0.15, -0.1) is 11.3 Å². The number of fused-ring (bicyclic) bond motifs is 1. The van der Waals surface area contributed by atoms with Crippen LogP contribution in [0.5, 0.6) is 5.75 Å². The van der Waals surface area contributed by atoms with Gasteiger partial charge in [-0.25, -0.2) is 18.8 Å². The normalized spacial score (nSPS) is 14.7. The molecule has 0 radical (unpaired) electrons. The smallest absolute Gasteiger partial charge is 0.313 e. The molecule has 1 saturated heterocycles. The number of amides is 2. The first-order valence-corrected chi connectivity index (χ1v) is 26.2. The minimum Gasteiger partial charge on any atom is -0.420 e. The molecular weight excluding hydrogens is 1020 g/mol. The van der Waals surface area contributed by atoms with Crippen LogP contribution in [0.15, 0.2) is 16.6 Å². The van der Waals surface area contributed by atoms with Crippen LogP contribution in [0.3, 0.4) is 0 Å². The highest BCUT2D eigenvalue weighted by molar-refractivity contribution is 7.13. The van der Waals surface area contributed by atoms with Crippen molar-refractivity contribution in [2.45, 2.75) is 65.5 Å². The number of hydrogen-bond acceptors (Lipinski definition) is 19. The maximum atomic E-state index is 13.8. The van der Waals surface area contributed by atoms with Gasteiger partial charge in [-0.1, -0.05) is 6.92 Å². The van der Waals surface area contributed by atoms with Crippen molar-refractivity contribution in [2.24, 2.45) is 10.7 Å². The molecule has 0 spiro atoms. The Morgan fingerprint density at radius 3 is 1.64 bits per heavy atom. The number of ether oxygens (including phenoxy) is 11. The molecule has 0 saturated carbocycles. The summed E-state index contributed by atoms with van der Waals surface area (Å²) in [5.41, 5.74) is 6.68. The first-order valence-electron chi connectivity index (χ1n) is 25.3. The molecule has 3 N–H and O–H groups in total. The summed E-state index contributed by atoms with van der Waals surface area (Å²) >= 11 is 1.60. The number of carbonyl (C=O) groups is 3. The number of esters is 1. The van der Waals surface area contributed by atoms with Crippen molar-refractivity contribution in [1.82, 2.24) is 15.3 Å². The monoisotopic (exact) mass is 1090 g/mol. The molecule has 2 aromatic rings. The fourth-order valence-electron chi connectivity index (χ4n) is 7.19. The van der Waals surface area contributed by atoms with E-state index in [0.29, 0.717) is 137 Å². The Morgan fingerprint density at radius 1 is 0.707 bits per heavy atom. The second-order valence-corrected chi connectivity index (χ2v) is 18.0. The number of nitrogens with two attached hydrogens (primary N) is 1. The minimum absolute atomic E-state index is 0.0455. The fourth-order valence-corrected chi connectivity index (χ4v) is 8.30. The zero-order valence-electron chi connectivity index (χ0n) is 43.4. The first kappa shape index (κ1) is 63.3. The Morgan fingerprint density at radius 2 is 1.17 bits per heavy atom. The van der Waals surface area contributed by atoms with Crippen LogP contribution in [0, 0.1) is 30.2 Å². The maximum Gasteiger partial charge on any atom is 0.313 e. The van der Waals surface area contributed by atoms with Gasteiger partial charge in [0.1, 0.15) is 5.84 Å². The third-order valence-corrected chi connectivity index (χ3v) is 11.9. The number of likely N-dealkylation sites (tertiary alicyclic amines) is 1. The molecule has 1 aromatic carbocycles. The van der Waals surface area contributed by atoms with Gasteiger partial charge >= 0.3 is 5.97 Å². The van der Waals surface area contributed by atoms with E-state index in [-0.39, 0.29) is 57.1 Å². The quantitative estimate of drug-likeness (QED) is 0.0227. The lowest BCUT2D eigenvalue weighted by Crippen LogP contribution is -2.37. The van der Waals surface area contributed by atoms with E-state index >= 15 is 0 Å². The second kappa shape index (κ2) is 37.5. The maximum absolute atomic E-state index is 13.8. The summed E-state index contributed by atoms with van der Waals surface area (Å²) in [7, 11) is 0. The van der Waals surface area contributed by atoms with Gasteiger partial charge in [-0.05, 0) is 38.8 Å². The lowest BCUT2D eigenvalue weighted by Gasteiger charge is -2.21. The van der Waals surface area contributed by atoms with Crippen LogP contribution in [0.25, 0.3) is 6.08 Å². The van der Waals surface area contributed by atoms with Crippen molar-refractivity contribution in [3.63, 3.8) is 0 Å². The van der Waals surface area contributed by atoms with Gasteiger partial charge in [-0.3, -0.25) is 24.1 Å². The number of nitrogens with one attached hydrogen (secondary N) is 1. The highest BCUT2D eigenvalue weighted by Gasteiger charge is 2.28. The van der Waals surface area contributed by atoms with Crippen molar-refractivity contribution in [2.75, 3.05) is 158 Å². The minimum atomic E-state index is -1.78. The van der Waals surface area contributed by atoms with Crippen molar-refractivity contribution >= 4 is 46.7 Å². The highest BCUT2D eigenvalue weighted by Crippen LogP contribution is 2.36. The zero-order valence-corrected chi connectivity index (χ0v) is 44.2. The van der Waals surface area contributed by atoms with Gasteiger partial charge in [0, 0.05) is 61.1 Å². The van der Waals surface area contributed by atoms with E-state index in [9.17, 15) is 31.9 Å². The van der Waals surface area contributed by atoms with E-state index in [1.54, 1.807) is 11.3 Å². The number of aliphatic imine (C=N–C) groups is 1. The number of carbonyl (C=O) groups excluding carboxylic acids is 3. The van der Waals surface area contributed by atoms with Crippen molar-refractivity contribution in [3.8, 4) is 5.75 Å². The van der Waals surface area contributed by atoms with Gasteiger partial charge in [0.2, 0.25) is 23.3 Å². The molecule has 20 nitrogen and oxygen atoms in total. The largest absolute Gasteiger partial charge is 0.420 e. The molecule has 2 aliphatic rings. The molecule has 25 heteroatoms. The summed E-state index contributed by atoms with van der Waals surface area (Å²) in [4.78, 5) is 52.1. The zero-order chi connectivity index (χ0) is 54.0. The van der Waals surface area contributed by atoms with E-state index < -0.39 is 47.0 Å². The predicted molar refractivity (Wildman–Crippen MR) is 268 cm³/mol. The van der Waals surface area contributed by atoms with Crippen LogP contribution in [-0.4, -0.2) is 198 Å². The summed E-state index contributed by atoms with van der Waals surface area (Å²) in [6.45, 7) is 14.7. The Labute approximate surface area is 440 Å². The molecule has 4 rings (SSSR count). The number of halogens is 4. The number of hydrogen-bond donors (Lipinski definition) is 2. The van der Waals surface area contributed by atoms with Crippen LogP contribution in [-0.2, 0) is 73.1 Å². The molecule has 1 aromatic heterocycles. The number of thiophene rings is 1. The van der Waals surface area contributed by atoms with Crippen LogP contribution in [0.4, 0.5) is 23.2 Å². The standard InChI is InChI=1S/C50H75F4N5O15S/c1-4-9-59(73-5-2)50(62)37-31-41-40(57-42(55)32-37)33-39(75-41)35-58-10-6-38(34-58)56-43(60)7-11-63-13-15-65-17-19-67-21-23-69-25-27-71-29-30-72-28-26-70-24-22-68-20-18-66-16-14-64-12-8-44(61)74-49-47(53)45(51)36(3)46(52)48(49)54/h31,33,38H,4-30,32,34-35H2,1-3H3,(H2,55,57)(H,56,60). The highest BCUT2D eigenvalue weighted by atomic mass is 32.1. The molecule has 1 unspecified atom stereocenters. The van der Waals surface area contributed by atoms with Crippen LogP contribution >= 0.6 is 11.3 Å². The summed E-state index contributed by atoms with van der Waals surface area (Å²) < 4.78 is 114. The molecular formula is C50H75F4N5O15S. The van der Waals surface area contributed by atoms with E-state index in [2.05, 4.69) is 19.9 Å². The summed E-state index contributed by atoms with van der Waals surface area (Å²) in [6.07, 6.45) is 3.65. The molecule has 1 atom stereocenters. The Bertz CT molecular complexity index is 2040. The van der Waals surface area contributed by atoms with Gasteiger partial charge < -0.3 is 63.2 Å². The topological polar surface area (TPSA) is 219 Å². The van der Waals surface area contributed by atoms with Crippen molar-refractivity contribution in [3.05, 3.63) is 50.2 Å². The van der Waals surface area contributed by atoms with Crippen molar-refractivity contribution in [1.29, 1.82) is 0 Å². The summed E-state index contributed by atoms with van der Waals surface area (Å²) in [5, 5.41) is 4.53. The molecule has 75 heavy (non-hydrogen) atoms. The lowest BCUT2D eigenvalue weighted by molar-refractivity contribution is -0.180. The molecule has 0 bridgehead atoms. The van der Waals surface area contributed by atoms with Crippen LogP contribution < -0.4 is 15.8 Å². The van der Waals surface area contributed by atoms with Gasteiger partial charge in [0.15, 0.2) is 11.6 Å². The fraction of sp³-hybridized carbons (Fsp3) is 0.680. The summed E-state index contributed by atoms with van der Waals surface area (Å²) in [5.74, 6) is -9.23. The van der Waals surface area contributed by atoms with E-state index in [1.807, 2.05) is 26.0 Å². The Kier molecular flexibility index (Phi) is 31.7. The molecule has 1 fully saturated rings.